The second-order valence-electron chi connectivity index (χ2n) is 8.43. The number of pyridine rings is 2. The molecular weight excluding hydrogens is 452 g/mol. The van der Waals surface area contributed by atoms with Crippen LogP contribution in [0.4, 0.5) is 11.6 Å². The number of fused-ring (bicyclic) bond motifs is 2. The van der Waals surface area contributed by atoms with E-state index in [1.165, 1.54) is 24.7 Å². The van der Waals surface area contributed by atoms with Crippen LogP contribution in [0, 0.1) is 0 Å². The molecule has 1 amide bonds. The molecule has 1 aliphatic rings. The first kappa shape index (κ1) is 20.6. The maximum atomic E-state index is 12.6. The lowest BCUT2D eigenvalue weighted by Crippen LogP contribution is -2.16. The molecule has 10 heteroatoms. The predicted molar refractivity (Wildman–Crippen MR) is 129 cm³/mol. The van der Waals surface area contributed by atoms with Crippen molar-refractivity contribution in [2.75, 3.05) is 10.6 Å². The highest BCUT2D eigenvalue weighted by Gasteiger charge is 2.23. The van der Waals surface area contributed by atoms with E-state index in [0.29, 0.717) is 34.8 Å². The van der Waals surface area contributed by atoms with Gasteiger partial charge in [-0.15, -0.1) is 0 Å². The van der Waals surface area contributed by atoms with Crippen LogP contribution in [0.5, 0.6) is 0 Å². The van der Waals surface area contributed by atoms with Crippen LogP contribution in [0.3, 0.4) is 0 Å². The third-order valence-corrected chi connectivity index (χ3v) is 6.10. The Kier molecular flexibility index (Phi) is 5.10. The molecule has 0 saturated heterocycles. The topological polar surface area (TPSA) is 102 Å². The van der Waals surface area contributed by atoms with Crippen LogP contribution in [-0.4, -0.2) is 34.6 Å². The zero-order valence-corrected chi connectivity index (χ0v) is 18.9. The summed E-state index contributed by atoms with van der Waals surface area (Å²) in [6.07, 6.45) is 11.7. The fraction of sp³-hybridized carbons (Fsp3) is 0.208. The van der Waals surface area contributed by atoms with Crippen LogP contribution in [0.15, 0.2) is 61.6 Å². The molecule has 0 bridgehead atoms. The van der Waals surface area contributed by atoms with Crippen molar-refractivity contribution in [3.05, 3.63) is 83.6 Å². The lowest BCUT2D eigenvalue weighted by atomic mass is 10.2. The number of hydrogen-bond donors (Lipinski definition) is 2. The van der Waals surface area contributed by atoms with Gasteiger partial charge in [-0.25, -0.2) is 19.9 Å². The molecule has 6 rings (SSSR count). The Hall–Kier alpha value is -3.98. The van der Waals surface area contributed by atoms with Crippen LogP contribution in [0.2, 0.25) is 5.02 Å². The Morgan fingerprint density at radius 1 is 1.06 bits per heavy atom. The van der Waals surface area contributed by atoms with Gasteiger partial charge in [0.1, 0.15) is 23.6 Å². The van der Waals surface area contributed by atoms with E-state index in [-0.39, 0.29) is 12.3 Å². The number of anilines is 2. The van der Waals surface area contributed by atoms with E-state index in [2.05, 4.69) is 53.3 Å². The number of nitrogens with one attached hydrogen (secondary N) is 2. The first-order valence-corrected chi connectivity index (χ1v) is 11.4. The molecule has 1 fully saturated rings. The van der Waals surface area contributed by atoms with Crippen LogP contribution < -0.4 is 10.6 Å². The predicted octanol–water partition coefficient (Wildman–Crippen LogP) is 4.10. The Labute approximate surface area is 199 Å². The number of rotatable bonds is 7. The van der Waals surface area contributed by atoms with Crippen molar-refractivity contribution in [2.45, 2.75) is 31.7 Å². The normalized spacial score (nSPS) is 13.4. The number of imidazole rings is 2. The van der Waals surface area contributed by atoms with Crippen molar-refractivity contribution in [2.24, 2.45) is 0 Å². The summed E-state index contributed by atoms with van der Waals surface area (Å²) in [6, 6.07) is 9.48. The Bertz CT molecular complexity index is 1520. The minimum absolute atomic E-state index is 0.105. The Morgan fingerprint density at radius 3 is 2.82 bits per heavy atom. The van der Waals surface area contributed by atoms with Gasteiger partial charge in [-0.05, 0) is 42.5 Å². The van der Waals surface area contributed by atoms with Crippen molar-refractivity contribution in [3.8, 4) is 0 Å². The number of carbonyl (C=O) groups excluding carboxylic acids is 1. The van der Waals surface area contributed by atoms with E-state index in [4.69, 9.17) is 11.6 Å². The van der Waals surface area contributed by atoms with Crippen molar-refractivity contribution >= 4 is 40.3 Å². The highest BCUT2D eigenvalue weighted by molar-refractivity contribution is 6.30. The number of halogens is 1. The third kappa shape index (κ3) is 4.29. The highest BCUT2D eigenvalue weighted by atomic mass is 35.5. The smallest absolute Gasteiger partial charge is 0.231 e. The van der Waals surface area contributed by atoms with Crippen molar-refractivity contribution in [3.63, 3.8) is 0 Å². The molecule has 9 nitrogen and oxygen atoms in total. The Balaban J connectivity index is 1.10. The van der Waals surface area contributed by atoms with E-state index in [1.54, 1.807) is 24.5 Å². The molecule has 0 unspecified atom stereocenters. The number of carbonyl (C=O) groups is 1. The molecule has 0 aromatic carbocycles. The molecule has 2 N–H and O–H groups in total. The second-order valence-corrected chi connectivity index (χ2v) is 8.87. The summed E-state index contributed by atoms with van der Waals surface area (Å²) in [5.74, 6) is 1.48. The number of aromatic nitrogens is 6. The zero-order valence-electron chi connectivity index (χ0n) is 18.1. The summed E-state index contributed by atoms with van der Waals surface area (Å²) in [5, 5.41) is 6.66. The summed E-state index contributed by atoms with van der Waals surface area (Å²) in [5.41, 5.74) is 4.63. The van der Waals surface area contributed by atoms with Gasteiger partial charge >= 0.3 is 0 Å². The minimum atomic E-state index is -0.225. The van der Waals surface area contributed by atoms with Gasteiger partial charge in [0.05, 0.1) is 36.2 Å². The molecular formula is C24H21ClN8O. The minimum Gasteiger partial charge on any atom is -0.364 e. The zero-order chi connectivity index (χ0) is 23.1. The lowest BCUT2D eigenvalue weighted by molar-refractivity contribution is -0.115. The van der Waals surface area contributed by atoms with Gasteiger partial charge in [-0.3, -0.25) is 4.79 Å². The number of hydrogen-bond acceptors (Lipinski definition) is 6. The van der Waals surface area contributed by atoms with Crippen LogP contribution in [0.25, 0.3) is 11.2 Å². The largest absolute Gasteiger partial charge is 0.364 e. The molecule has 0 spiro atoms. The summed E-state index contributed by atoms with van der Waals surface area (Å²) < 4.78 is 3.90. The number of nitrogens with zero attached hydrogens (tertiary/aromatic N) is 6. The standard InChI is InChI=1S/C24H21ClN8O/c25-17-5-6-32-14-29-19(20(32)7-17)8-24(34)31-22-9-21(27-13-28-22)26-10-18-12-33-11-16(15-1-2-15)3-4-23(33)30-18/h3-7,9,11-15H,1-2,8,10H2,(H2,26,27,28,31,34). The van der Waals surface area contributed by atoms with E-state index in [1.807, 2.05) is 16.8 Å². The van der Waals surface area contributed by atoms with Gasteiger partial charge in [0.25, 0.3) is 0 Å². The highest BCUT2D eigenvalue weighted by Crippen LogP contribution is 2.39. The first-order valence-electron chi connectivity index (χ1n) is 11.0. The monoisotopic (exact) mass is 472 g/mol. The average Bonchev–Trinajstić information content (AvgIpc) is 3.49. The fourth-order valence-electron chi connectivity index (χ4n) is 4.00. The summed E-state index contributed by atoms with van der Waals surface area (Å²) in [7, 11) is 0. The average molecular weight is 473 g/mol. The van der Waals surface area contributed by atoms with Crippen molar-refractivity contribution < 1.29 is 4.79 Å². The molecule has 5 heterocycles. The van der Waals surface area contributed by atoms with Crippen molar-refractivity contribution in [1.29, 1.82) is 0 Å². The number of amides is 1. The quantitative estimate of drug-likeness (QED) is 0.370. The van der Waals surface area contributed by atoms with Gasteiger partial charge in [-0.1, -0.05) is 17.7 Å². The van der Waals surface area contributed by atoms with E-state index < -0.39 is 0 Å². The molecule has 0 atom stereocenters. The summed E-state index contributed by atoms with van der Waals surface area (Å²) in [6.45, 7) is 0.506. The first-order chi connectivity index (χ1) is 16.6. The molecule has 34 heavy (non-hydrogen) atoms. The van der Waals surface area contributed by atoms with Gasteiger partial charge in [0.2, 0.25) is 5.91 Å². The van der Waals surface area contributed by atoms with Gasteiger partial charge < -0.3 is 19.4 Å². The Morgan fingerprint density at radius 2 is 1.94 bits per heavy atom. The summed E-state index contributed by atoms with van der Waals surface area (Å²) in [4.78, 5) is 30.0. The molecule has 1 aliphatic carbocycles. The van der Waals surface area contributed by atoms with Gasteiger partial charge in [-0.2, -0.15) is 0 Å². The molecule has 1 saturated carbocycles. The SMILES string of the molecule is O=C(Cc1ncn2ccc(Cl)cc12)Nc1cc(NCc2cn3cc(C4CC4)ccc3n2)ncn1. The van der Waals surface area contributed by atoms with Crippen LogP contribution in [-0.2, 0) is 17.8 Å². The van der Waals surface area contributed by atoms with Crippen LogP contribution in [0.1, 0.15) is 35.7 Å². The molecule has 170 valence electrons. The fourth-order valence-corrected chi connectivity index (χ4v) is 4.16. The summed E-state index contributed by atoms with van der Waals surface area (Å²) >= 11 is 6.08. The van der Waals surface area contributed by atoms with Gasteiger partial charge in [0, 0.05) is 29.7 Å². The molecule has 5 aromatic rings. The van der Waals surface area contributed by atoms with E-state index in [0.717, 1.165) is 16.9 Å². The van der Waals surface area contributed by atoms with E-state index in [9.17, 15) is 4.79 Å². The maximum Gasteiger partial charge on any atom is 0.231 e. The lowest BCUT2D eigenvalue weighted by Gasteiger charge is -2.07. The van der Waals surface area contributed by atoms with Crippen LogP contribution >= 0.6 is 11.6 Å². The molecule has 0 aliphatic heterocycles. The van der Waals surface area contributed by atoms with Crippen molar-refractivity contribution in [1.82, 2.24) is 28.7 Å². The molecule has 5 aromatic heterocycles. The third-order valence-electron chi connectivity index (χ3n) is 5.87. The molecule has 0 radical (unpaired) electrons. The second kappa shape index (κ2) is 8.42. The van der Waals surface area contributed by atoms with Gasteiger partial charge in [0.15, 0.2) is 0 Å². The maximum absolute atomic E-state index is 12.6. The van der Waals surface area contributed by atoms with E-state index >= 15 is 0 Å².